The first-order valence-corrected chi connectivity index (χ1v) is 8.05. The van der Waals surface area contributed by atoms with Crippen LogP contribution in [0, 0.1) is 0 Å². The van der Waals surface area contributed by atoms with E-state index in [1.165, 1.54) is 31.2 Å². The van der Waals surface area contributed by atoms with Crippen LogP contribution in [-0.4, -0.2) is 11.0 Å². The van der Waals surface area contributed by atoms with Crippen molar-refractivity contribution in [2.24, 2.45) is 0 Å². The first-order chi connectivity index (χ1) is 10.3. The molecule has 1 saturated carbocycles. The standard InChI is InChI=1S/C19H24N2/c1-15(19-9-5-6-14-20-19)21-18-12-10-17(11-13-18)16-7-3-2-4-8-16/h2-9,14-15,17-18,21H,10-13H2,1H3. The first-order valence-electron chi connectivity index (χ1n) is 8.05. The third-order valence-electron chi connectivity index (χ3n) is 4.62. The summed E-state index contributed by atoms with van der Waals surface area (Å²) < 4.78 is 0. The predicted octanol–water partition coefficient (Wildman–Crippen LogP) is 4.46. The summed E-state index contributed by atoms with van der Waals surface area (Å²) in [6, 6.07) is 18.1. The molecule has 0 saturated heterocycles. The van der Waals surface area contributed by atoms with Crippen LogP contribution in [0.25, 0.3) is 0 Å². The van der Waals surface area contributed by atoms with Gasteiger partial charge in [-0.3, -0.25) is 4.98 Å². The number of nitrogens with zero attached hydrogens (tertiary/aromatic N) is 1. The highest BCUT2D eigenvalue weighted by Gasteiger charge is 2.23. The molecule has 0 bridgehead atoms. The molecular weight excluding hydrogens is 256 g/mol. The lowest BCUT2D eigenvalue weighted by atomic mass is 9.81. The number of benzene rings is 1. The maximum Gasteiger partial charge on any atom is 0.0570 e. The number of pyridine rings is 1. The van der Waals surface area contributed by atoms with Crippen molar-refractivity contribution < 1.29 is 0 Å². The zero-order valence-corrected chi connectivity index (χ0v) is 12.7. The number of nitrogens with one attached hydrogen (secondary N) is 1. The fraction of sp³-hybridized carbons (Fsp3) is 0.421. The Morgan fingerprint density at radius 3 is 2.33 bits per heavy atom. The van der Waals surface area contributed by atoms with E-state index in [1.54, 1.807) is 0 Å². The van der Waals surface area contributed by atoms with Crippen molar-refractivity contribution in [3.63, 3.8) is 0 Å². The highest BCUT2D eigenvalue weighted by Crippen LogP contribution is 2.33. The highest BCUT2D eigenvalue weighted by atomic mass is 15.0. The minimum atomic E-state index is 0.337. The third kappa shape index (κ3) is 3.70. The lowest BCUT2D eigenvalue weighted by Gasteiger charge is -2.31. The molecule has 1 unspecified atom stereocenters. The van der Waals surface area contributed by atoms with Crippen molar-refractivity contribution in [3.05, 3.63) is 66.0 Å². The minimum absolute atomic E-state index is 0.337. The van der Waals surface area contributed by atoms with E-state index < -0.39 is 0 Å². The molecule has 21 heavy (non-hydrogen) atoms. The average molecular weight is 280 g/mol. The molecule has 2 nitrogen and oxygen atoms in total. The largest absolute Gasteiger partial charge is 0.306 e. The number of rotatable bonds is 4. The second kappa shape index (κ2) is 6.86. The van der Waals surface area contributed by atoms with E-state index >= 15 is 0 Å². The Kier molecular flexibility index (Phi) is 4.66. The summed E-state index contributed by atoms with van der Waals surface area (Å²) in [5, 5.41) is 3.74. The van der Waals surface area contributed by atoms with Gasteiger partial charge in [-0.15, -0.1) is 0 Å². The molecule has 1 aliphatic carbocycles. The van der Waals surface area contributed by atoms with E-state index in [0.717, 1.165) is 11.6 Å². The number of aromatic nitrogens is 1. The maximum atomic E-state index is 4.44. The molecular formula is C19H24N2. The van der Waals surface area contributed by atoms with Crippen LogP contribution in [0.1, 0.15) is 55.8 Å². The lowest BCUT2D eigenvalue weighted by molar-refractivity contribution is 0.320. The average Bonchev–Trinajstić information content (AvgIpc) is 2.57. The smallest absolute Gasteiger partial charge is 0.0570 e. The molecule has 2 heteroatoms. The van der Waals surface area contributed by atoms with Crippen LogP contribution in [0.4, 0.5) is 0 Å². The number of hydrogen-bond acceptors (Lipinski definition) is 2. The van der Waals surface area contributed by atoms with Crippen LogP contribution in [0.2, 0.25) is 0 Å². The summed E-state index contributed by atoms with van der Waals surface area (Å²) in [4.78, 5) is 4.44. The van der Waals surface area contributed by atoms with Crippen LogP contribution < -0.4 is 5.32 Å². The van der Waals surface area contributed by atoms with E-state index in [4.69, 9.17) is 0 Å². The fourth-order valence-electron chi connectivity index (χ4n) is 3.39. The van der Waals surface area contributed by atoms with Gasteiger partial charge in [0.1, 0.15) is 0 Å². The van der Waals surface area contributed by atoms with Gasteiger partial charge in [-0.2, -0.15) is 0 Å². The molecule has 0 amide bonds. The number of hydrogen-bond donors (Lipinski definition) is 1. The summed E-state index contributed by atoms with van der Waals surface area (Å²) in [7, 11) is 0. The Hall–Kier alpha value is -1.67. The fourth-order valence-corrected chi connectivity index (χ4v) is 3.39. The van der Waals surface area contributed by atoms with Gasteiger partial charge in [0, 0.05) is 18.3 Å². The van der Waals surface area contributed by atoms with E-state index in [0.29, 0.717) is 12.1 Å². The molecule has 1 aliphatic rings. The second-order valence-electron chi connectivity index (χ2n) is 6.10. The van der Waals surface area contributed by atoms with Crippen molar-refractivity contribution in [1.82, 2.24) is 10.3 Å². The summed E-state index contributed by atoms with van der Waals surface area (Å²) in [5.41, 5.74) is 2.65. The topological polar surface area (TPSA) is 24.9 Å². The van der Waals surface area contributed by atoms with E-state index in [9.17, 15) is 0 Å². The van der Waals surface area contributed by atoms with Crippen LogP contribution in [0.15, 0.2) is 54.7 Å². The van der Waals surface area contributed by atoms with Crippen molar-refractivity contribution in [3.8, 4) is 0 Å². The molecule has 0 spiro atoms. The van der Waals surface area contributed by atoms with Gasteiger partial charge in [0.2, 0.25) is 0 Å². The van der Waals surface area contributed by atoms with Crippen LogP contribution in [0.3, 0.4) is 0 Å². The molecule has 1 aromatic heterocycles. The third-order valence-corrected chi connectivity index (χ3v) is 4.62. The van der Waals surface area contributed by atoms with E-state index in [2.05, 4.69) is 59.7 Å². The zero-order valence-electron chi connectivity index (χ0n) is 12.7. The summed E-state index contributed by atoms with van der Waals surface area (Å²) in [5.74, 6) is 0.745. The maximum absolute atomic E-state index is 4.44. The van der Waals surface area contributed by atoms with Gasteiger partial charge in [-0.1, -0.05) is 36.4 Å². The molecule has 0 radical (unpaired) electrons. The van der Waals surface area contributed by atoms with Gasteiger partial charge < -0.3 is 5.32 Å². The Morgan fingerprint density at radius 1 is 0.952 bits per heavy atom. The monoisotopic (exact) mass is 280 g/mol. The van der Waals surface area contributed by atoms with Gasteiger partial charge in [0.05, 0.1) is 5.69 Å². The minimum Gasteiger partial charge on any atom is -0.306 e. The normalized spacial score (nSPS) is 23.7. The van der Waals surface area contributed by atoms with Crippen LogP contribution in [0.5, 0.6) is 0 Å². The molecule has 2 aromatic rings. The molecule has 1 N–H and O–H groups in total. The molecule has 1 fully saturated rings. The summed E-state index contributed by atoms with van der Waals surface area (Å²) in [6.07, 6.45) is 6.97. The van der Waals surface area contributed by atoms with E-state index in [-0.39, 0.29) is 0 Å². The molecule has 1 aromatic carbocycles. The molecule has 1 heterocycles. The van der Waals surface area contributed by atoms with Gasteiger partial charge in [0.25, 0.3) is 0 Å². The van der Waals surface area contributed by atoms with Crippen LogP contribution >= 0.6 is 0 Å². The summed E-state index contributed by atoms with van der Waals surface area (Å²) in [6.45, 7) is 2.21. The van der Waals surface area contributed by atoms with E-state index in [1.807, 2.05) is 12.3 Å². The Morgan fingerprint density at radius 2 is 1.67 bits per heavy atom. The molecule has 0 aliphatic heterocycles. The van der Waals surface area contributed by atoms with Gasteiger partial charge in [0.15, 0.2) is 0 Å². The Labute approximate surface area is 127 Å². The van der Waals surface area contributed by atoms with Gasteiger partial charge >= 0.3 is 0 Å². The molecule has 3 rings (SSSR count). The second-order valence-corrected chi connectivity index (χ2v) is 6.10. The molecule has 1 atom stereocenters. The summed E-state index contributed by atoms with van der Waals surface area (Å²) >= 11 is 0. The quantitative estimate of drug-likeness (QED) is 0.894. The van der Waals surface area contributed by atoms with Gasteiger partial charge in [-0.25, -0.2) is 0 Å². The lowest BCUT2D eigenvalue weighted by Crippen LogP contribution is -2.34. The highest BCUT2D eigenvalue weighted by molar-refractivity contribution is 5.20. The van der Waals surface area contributed by atoms with Crippen molar-refractivity contribution in [1.29, 1.82) is 0 Å². The zero-order chi connectivity index (χ0) is 14.5. The van der Waals surface area contributed by atoms with Crippen molar-refractivity contribution in [2.75, 3.05) is 0 Å². The van der Waals surface area contributed by atoms with Gasteiger partial charge in [-0.05, 0) is 56.2 Å². The predicted molar refractivity (Wildman–Crippen MR) is 87.2 cm³/mol. The molecule has 110 valence electrons. The van der Waals surface area contributed by atoms with Crippen molar-refractivity contribution in [2.45, 2.75) is 50.6 Å². The first kappa shape index (κ1) is 14.3. The Balaban J connectivity index is 1.52. The SMILES string of the molecule is CC(NC1CCC(c2ccccc2)CC1)c1ccccn1. The Bertz CT molecular complexity index is 530. The van der Waals surface area contributed by atoms with Crippen LogP contribution in [-0.2, 0) is 0 Å². The van der Waals surface area contributed by atoms with Crippen molar-refractivity contribution >= 4 is 0 Å².